The van der Waals surface area contributed by atoms with E-state index in [4.69, 9.17) is 5.11 Å². The summed E-state index contributed by atoms with van der Waals surface area (Å²) in [4.78, 5) is 47.3. The van der Waals surface area contributed by atoms with Crippen molar-refractivity contribution in [3.05, 3.63) is 93.5 Å². The molecule has 0 saturated heterocycles. The third-order valence-electron chi connectivity index (χ3n) is 4.86. The topological polar surface area (TPSA) is 139 Å². The van der Waals surface area contributed by atoms with Gasteiger partial charge < -0.3 is 15.7 Å². The van der Waals surface area contributed by atoms with Gasteiger partial charge in [0.05, 0.1) is 15.7 Å². The molecule has 3 aromatic rings. The van der Waals surface area contributed by atoms with Crippen LogP contribution in [0.15, 0.2) is 71.6 Å². The van der Waals surface area contributed by atoms with Gasteiger partial charge in [-0.25, -0.2) is 4.79 Å². The van der Waals surface area contributed by atoms with Crippen molar-refractivity contribution in [3.63, 3.8) is 0 Å². The van der Waals surface area contributed by atoms with E-state index in [9.17, 15) is 24.5 Å². The molecule has 1 unspecified atom stereocenters. The second-order valence-electron chi connectivity index (χ2n) is 7.37. The summed E-state index contributed by atoms with van der Waals surface area (Å²) in [7, 11) is 0. The predicted molar refractivity (Wildman–Crippen MR) is 130 cm³/mol. The fraction of sp³-hybridized carbons (Fsp3) is 0.125. The third kappa shape index (κ3) is 6.20. The Morgan fingerprint density at radius 2 is 1.68 bits per heavy atom. The normalized spacial score (nSPS) is 11.4. The fourth-order valence-electron chi connectivity index (χ4n) is 2.96. The molecule has 2 amide bonds. The van der Waals surface area contributed by atoms with Crippen LogP contribution in [0.3, 0.4) is 0 Å². The maximum atomic E-state index is 12.6. The molecule has 174 valence electrons. The Balaban J connectivity index is 1.61. The van der Waals surface area contributed by atoms with Crippen LogP contribution < -0.4 is 10.6 Å². The van der Waals surface area contributed by atoms with Gasteiger partial charge >= 0.3 is 5.97 Å². The molecule has 0 aliphatic heterocycles. The molecule has 0 aromatic heterocycles. The number of carbonyl (C=O) groups excluding carboxylic acids is 2. The van der Waals surface area contributed by atoms with Crippen LogP contribution in [-0.4, -0.2) is 33.1 Å². The van der Waals surface area contributed by atoms with Crippen molar-refractivity contribution in [2.75, 3.05) is 10.6 Å². The van der Waals surface area contributed by atoms with Crippen LogP contribution in [0.2, 0.25) is 0 Å². The number of nitrogens with one attached hydrogen (secondary N) is 2. The van der Waals surface area contributed by atoms with E-state index in [0.29, 0.717) is 11.4 Å². The number of amides is 2. The van der Waals surface area contributed by atoms with Crippen LogP contribution >= 0.6 is 11.8 Å². The Kier molecular flexibility index (Phi) is 7.64. The number of carbonyl (C=O) groups is 3. The summed E-state index contributed by atoms with van der Waals surface area (Å²) in [5, 5.41) is 25.0. The van der Waals surface area contributed by atoms with Gasteiger partial charge in [0.1, 0.15) is 0 Å². The fourth-order valence-corrected chi connectivity index (χ4v) is 3.83. The van der Waals surface area contributed by atoms with Gasteiger partial charge in [0.25, 0.3) is 11.6 Å². The van der Waals surface area contributed by atoms with Crippen molar-refractivity contribution in [2.45, 2.75) is 24.0 Å². The molecule has 3 aromatic carbocycles. The van der Waals surface area contributed by atoms with E-state index >= 15 is 0 Å². The van der Waals surface area contributed by atoms with E-state index in [1.165, 1.54) is 48.2 Å². The maximum Gasteiger partial charge on any atom is 0.335 e. The van der Waals surface area contributed by atoms with Gasteiger partial charge in [0.15, 0.2) is 0 Å². The number of nitro benzene ring substituents is 1. The molecule has 0 heterocycles. The Morgan fingerprint density at radius 3 is 2.32 bits per heavy atom. The van der Waals surface area contributed by atoms with Crippen LogP contribution in [0.1, 0.15) is 33.2 Å². The Labute approximate surface area is 199 Å². The Morgan fingerprint density at radius 1 is 0.971 bits per heavy atom. The average molecular weight is 480 g/mol. The number of thioether (sulfide) groups is 1. The molecular formula is C24H21N3O6S. The zero-order valence-corrected chi connectivity index (χ0v) is 19.1. The van der Waals surface area contributed by atoms with Gasteiger partial charge in [-0.3, -0.25) is 19.7 Å². The Bertz CT molecular complexity index is 1260. The van der Waals surface area contributed by atoms with Gasteiger partial charge in [-0.1, -0.05) is 12.1 Å². The summed E-state index contributed by atoms with van der Waals surface area (Å²) in [5.74, 6) is -1.83. The number of anilines is 2. The molecule has 0 aliphatic rings. The minimum absolute atomic E-state index is 0.0870. The van der Waals surface area contributed by atoms with Gasteiger partial charge in [-0.15, -0.1) is 11.8 Å². The number of aromatic carboxylic acids is 1. The third-order valence-corrected chi connectivity index (χ3v) is 5.97. The molecule has 0 aliphatic carbocycles. The number of hydrogen-bond acceptors (Lipinski definition) is 6. The van der Waals surface area contributed by atoms with Gasteiger partial charge in [0, 0.05) is 34.0 Å². The first-order valence-electron chi connectivity index (χ1n) is 10.1. The van der Waals surface area contributed by atoms with Crippen LogP contribution in [0.4, 0.5) is 17.1 Å². The van der Waals surface area contributed by atoms with Gasteiger partial charge in [-0.05, 0) is 61.9 Å². The number of benzene rings is 3. The van der Waals surface area contributed by atoms with Crippen LogP contribution in [-0.2, 0) is 4.79 Å². The molecule has 3 rings (SSSR count). The number of aryl methyl sites for hydroxylation is 1. The lowest BCUT2D eigenvalue weighted by Crippen LogP contribution is -2.23. The van der Waals surface area contributed by atoms with Crippen LogP contribution in [0.5, 0.6) is 0 Å². The summed E-state index contributed by atoms with van der Waals surface area (Å²) >= 11 is 1.30. The standard InChI is InChI=1S/C24H21N3O6S/c1-14-6-7-17(24(30)31)13-21(14)26-22(28)15(2)34-20-10-8-18(9-11-20)25-23(29)16-4-3-5-19(12-16)27(32)33/h3-13,15H,1-2H3,(H,25,29)(H,26,28)(H,30,31). The van der Waals surface area contributed by atoms with E-state index in [0.717, 1.165) is 10.5 Å². The van der Waals surface area contributed by atoms with Crippen molar-refractivity contribution >= 4 is 46.6 Å². The molecule has 10 heteroatoms. The first-order chi connectivity index (χ1) is 16.1. The second-order valence-corrected chi connectivity index (χ2v) is 8.78. The highest BCUT2D eigenvalue weighted by Gasteiger charge is 2.17. The number of non-ortho nitro benzene ring substituents is 1. The largest absolute Gasteiger partial charge is 0.478 e. The quantitative estimate of drug-likeness (QED) is 0.235. The van der Waals surface area contributed by atoms with E-state index in [-0.39, 0.29) is 22.7 Å². The molecule has 0 radical (unpaired) electrons. The molecule has 34 heavy (non-hydrogen) atoms. The van der Waals surface area contributed by atoms with Gasteiger partial charge in [-0.2, -0.15) is 0 Å². The maximum absolute atomic E-state index is 12.6. The highest BCUT2D eigenvalue weighted by Crippen LogP contribution is 2.27. The summed E-state index contributed by atoms with van der Waals surface area (Å²) in [6, 6.07) is 16.8. The molecule has 0 bridgehead atoms. The highest BCUT2D eigenvalue weighted by molar-refractivity contribution is 8.00. The molecule has 0 saturated carbocycles. The first-order valence-corrected chi connectivity index (χ1v) is 11.0. The summed E-state index contributed by atoms with van der Waals surface area (Å²) in [6.07, 6.45) is 0. The van der Waals surface area contributed by atoms with Crippen LogP contribution in [0, 0.1) is 17.0 Å². The lowest BCUT2D eigenvalue weighted by Gasteiger charge is -2.14. The summed E-state index contributed by atoms with van der Waals surface area (Å²) in [6.45, 7) is 3.51. The second kappa shape index (κ2) is 10.6. The van der Waals surface area contributed by atoms with Crippen molar-refractivity contribution in [1.82, 2.24) is 0 Å². The van der Waals surface area contributed by atoms with Gasteiger partial charge in [0.2, 0.25) is 5.91 Å². The monoisotopic (exact) mass is 479 g/mol. The number of nitrogens with zero attached hydrogens (tertiary/aromatic N) is 1. The lowest BCUT2D eigenvalue weighted by molar-refractivity contribution is -0.384. The SMILES string of the molecule is Cc1ccc(C(=O)O)cc1NC(=O)C(C)Sc1ccc(NC(=O)c2cccc([N+](=O)[O-])c2)cc1. The Hall–Kier alpha value is -4.18. The minimum atomic E-state index is -1.07. The first kappa shape index (κ1) is 24.5. The van der Waals surface area contributed by atoms with Crippen LogP contribution in [0.25, 0.3) is 0 Å². The van der Waals surface area contributed by atoms with E-state index in [2.05, 4.69) is 10.6 Å². The number of hydrogen-bond donors (Lipinski definition) is 3. The van der Waals surface area contributed by atoms with E-state index < -0.39 is 22.0 Å². The lowest BCUT2D eigenvalue weighted by atomic mass is 10.1. The molecule has 3 N–H and O–H groups in total. The average Bonchev–Trinajstić information content (AvgIpc) is 2.81. The van der Waals surface area contributed by atoms with Crippen molar-refractivity contribution in [1.29, 1.82) is 0 Å². The number of carboxylic acid groups (broad SMARTS) is 1. The zero-order valence-electron chi connectivity index (χ0n) is 18.3. The highest BCUT2D eigenvalue weighted by atomic mass is 32.2. The molecule has 0 spiro atoms. The summed E-state index contributed by atoms with van der Waals surface area (Å²) in [5.41, 5.74) is 1.77. The number of nitro groups is 1. The molecule has 1 atom stereocenters. The van der Waals surface area contributed by atoms with E-state index in [1.54, 1.807) is 44.2 Å². The zero-order chi connectivity index (χ0) is 24.8. The minimum Gasteiger partial charge on any atom is -0.478 e. The van der Waals surface area contributed by atoms with Crippen molar-refractivity contribution in [3.8, 4) is 0 Å². The number of rotatable bonds is 8. The summed E-state index contributed by atoms with van der Waals surface area (Å²) < 4.78 is 0. The number of carboxylic acids is 1. The molecular weight excluding hydrogens is 458 g/mol. The smallest absolute Gasteiger partial charge is 0.335 e. The van der Waals surface area contributed by atoms with E-state index in [1.807, 2.05) is 0 Å². The van der Waals surface area contributed by atoms with Crippen molar-refractivity contribution < 1.29 is 24.4 Å². The predicted octanol–water partition coefficient (Wildman–Crippen LogP) is 4.97. The molecule has 0 fully saturated rings. The van der Waals surface area contributed by atoms with Crippen molar-refractivity contribution in [2.24, 2.45) is 0 Å². The molecule has 9 nitrogen and oxygen atoms in total.